The van der Waals surface area contributed by atoms with Gasteiger partial charge >= 0.3 is 0 Å². The zero-order chi connectivity index (χ0) is 28.9. The molecule has 2 aromatic heterocycles. The van der Waals surface area contributed by atoms with Crippen LogP contribution in [0, 0.1) is 18.6 Å². The standard InChI is InChI=1S/C28H23F2N5O5S/c1-16-10-21(34-40-16)14-32-24(36)15-39-23-5-3-4-22(25(23)38-2)28-35(27(37)18-11-20(30)13-31-12-18)33-26(41-28)17-6-8-19(29)9-7-17/h3-13,28H,14-15H2,1-2H3,(H,32,36). The van der Waals surface area contributed by atoms with Crippen LogP contribution < -0.4 is 14.8 Å². The van der Waals surface area contributed by atoms with Crippen LogP contribution in [0.4, 0.5) is 8.78 Å². The number of thioether (sulfide) groups is 1. The third kappa shape index (κ3) is 6.35. The van der Waals surface area contributed by atoms with Gasteiger partial charge in [0.15, 0.2) is 18.1 Å². The van der Waals surface area contributed by atoms with Gasteiger partial charge in [-0.05, 0) is 43.3 Å². The molecule has 0 saturated heterocycles. The number of carbonyl (C=O) groups excluding carboxylic acids is 2. The van der Waals surface area contributed by atoms with Gasteiger partial charge in [0.25, 0.3) is 11.8 Å². The average Bonchev–Trinajstić information content (AvgIpc) is 3.61. The zero-order valence-corrected chi connectivity index (χ0v) is 22.7. The summed E-state index contributed by atoms with van der Waals surface area (Å²) in [6.45, 7) is 1.61. The van der Waals surface area contributed by atoms with E-state index in [4.69, 9.17) is 14.0 Å². The smallest absolute Gasteiger partial charge is 0.277 e. The van der Waals surface area contributed by atoms with Crippen LogP contribution in [0.1, 0.15) is 38.3 Å². The predicted molar refractivity (Wildman–Crippen MR) is 145 cm³/mol. The fourth-order valence-corrected chi connectivity index (χ4v) is 5.17. The molecular weight excluding hydrogens is 556 g/mol. The summed E-state index contributed by atoms with van der Waals surface area (Å²) in [5, 5.41) is 11.9. The van der Waals surface area contributed by atoms with Gasteiger partial charge in [-0.2, -0.15) is 5.10 Å². The van der Waals surface area contributed by atoms with E-state index in [0.717, 1.165) is 12.3 Å². The van der Waals surface area contributed by atoms with Gasteiger partial charge in [0.05, 0.1) is 25.4 Å². The number of aryl methyl sites for hydroxylation is 1. The van der Waals surface area contributed by atoms with Gasteiger partial charge in [-0.25, -0.2) is 13.8 Å². The number of rotatable bonds is 9. The van der Waals surface area contributed by atoms with Crippen molar-refractivity contribution in [3.8, 4) is 11.5 Å². The Morgan fingerprint density at radius 2 is 1.90 bits per heavy atom. The number of hydrogen-bond acceptors (Lipinski definition) is 9. The van der Waals surface area contributed by atoms with Gasteiger partial charge in [0.1, 0.15) is 33.5 Å². The van der Waals surface area contributed by atoms with E-state index in [2.05, 4.69) is 20.6 Å². The van der Waals surface area contributed by atoms with E-state index >= 15 is 0 Å². The fraction of sp³-hybridized carbons (Fsp3) is 0.179. The number of pyridine rings is 1. The number of aromatic nitrogens is 2. The van der Waals surface area contributed by atoms with E-state index in [1.807, 2.05) is 0 Å². The SMILES string of the molecule is COc1c(OCC(=O)NCc2cc(C)on2)cccc1C1SC(c2ccc(F)cc2)=NN1C(=O)c1cncc(F)c1. The molecule has 5 rings (SSSR count). The number of hydrazone groups is 1. The van der Waals surface area contributed by atoms with E-state index < -0.39 is 28.8 Å². The first-order chi connectivity index (χ1) is 19.8. The third-order valence-corrected chi connectivity index (χ3v) is 7.09. The van der Waals surface area contributed by atoms with Crippen molar-refractivity contribution in [2.24, 2.45) is 5.10 Å². The lowest BCUT2D eigenvalue weighted by Crippen LogP contribution is -2.29. The molecule has 1 aliphatic heterocycles. The van der Waals surface area contributed by atoms with E-state index in [9.17, 15) is 18.4 Å². The summed E-state index contributed by atoms with van der Waals surface area (Å²) in [7, 11) is 1.43. The fourth-order valence-electron chi connectivity index (χ4n) is 4.00. The Balaban J connectivity index is 1.40. The first-order valence-electron chi connectivity index (χ1n) is 12.3. The van der Waals surface area contributed by atoms with E-state index in [1.165, 1.54) is 42.2 Å². The number of methoxy groups -OCH3 is 1. The van der Waals surface area contributed by atoms with Crippen LogP contribution in [0.5, 0.6) is 11.5 Å². The Morgan fingerprint density at radius 3 is 2.61 bits per heavy atom. The number of ether oxygens (including phenoxy) is 2. The molecule has 210 valence electrons. The van der Waals surface area contributed by atoms with Gasteiger partial charge < -0.3 is 19.3 Å². The molecule has 1 unspecified atom stereocenters. The van der Waals surface area contributed by atoms with Crippen LogP contribution in [0.15, 0.2) is 76.6 Å². The largest absolute Gasteiger partial charge is 0.492 e. The van der Waals surface area contributed by atoms with Crippen LogP contribution in [0.2, 0.25) is 0 Å². The van der Waals surface area contributed by atoms with Crippen LogP contribution >= 0.6 is 11.8 Å². The second-order valence-electron chi connectivity index (χ2n) is 8.80. The van der Waals surface area contributed by atoms with E-state index in [0.29, 0.717) is 27.6 Å². The molecule has 0 aliphatic carbocycles. The Hall–Kier alpha value is -4.78. The number of hydrogen-bond donors (Lipinski definition) is 1. The molecule has 3 heterocycles. The van der Waals surface area contributed by atoms with Gasteiger partial charge in [0, 0.05) is 23.4 Å². The molecule has 0 fully saturated rings. The Morgan fingerprint density at radius 1 is 1.10 bits per heavy atom. The van der Waals surface area contributed by atoms with Gasteiger partial charge in [-0.1, -0.05) is 29.1 Å². The topological polar surface area (TPSA) is 119 Å². The maximum atomic E-state index is 13.9. The third-order valence-electron chi connectivity index (χ3n) is 5.88. The molecule has 0 bridgehead atoms. The number of nitrogens with one attached hydrogen (secondary N) is 1. The van der Waals surface area contributed by atoms with Crippen molar-refractivity contribution in [3.05, 3.63) is 107 Å². The Kier molecular flexibility index (Phi) is 8.24. The van der Waals surface area contributed by atoms with Crippen molar-refractivity contribution in [2.45, 2.75) is 18.8 Å². The van der Waals surface area contributed by atoms with Crippen molar-refractivity contribution in [1.29, 1.82) is 0 Å². The highest BCUT2D eigenvalue weighted by molar-refractivity contribution is 8.14. The number of benzene rings is 2. The van der Waals surface area contributed by atoms with E-state index in [-0.39, 0.29) is 30.2 Å². The summed E-state index contributed by atoms with van der Waals surface area (Å²) in [4.78, 5) is 29.7. The molecule has 0 saturated carbocycles. The van der Waals surface area contributed by atoms with Crippen molar-refractivity contribution >= 4 is 28.6 Å². The molecule has 2 aromatic carbocycles. The quantitative estimate of drug-likeness (QED) is 0.305. The second kappa shape index (κ2) is 12.2. The van der Waals surface area contributed by atoms with Crippen LogP contribution in [0.3, 0.4) is 0 Å². The monoisotopic (exact) mass is 579 g/mol. The Bertz CT molecular complexity index is 1610. The van der Waals surface area contributed by atoms with Crippen molar-refractivity contribution in [3.63, 3.8) is 0 Å². The molecule has 2 amide bonds. The van der Waals surface area contributed by atoms with Crippen LogP contribution in [0.25, 0.3) is 0 Å². The number of para-hydroxylation sites is 1. The maximum Gasteiger partial charge on any atom is 0.277 e. The second-order valence-corrected chi connectivity index (χ2v) is 9.87. The molecular formula is C28H23F2N5O5S. The van der Waals surface area contributed by atoms with Gasteiger partial charge in [-0.15, -0.1) is 0 Å². The number of carbonyl (C=O) groups is 2. The zero-order valence-electron chi connectivity index (χ0n) is 21.8. The summed E-state index contributed by atoms with van der Waals surface area (Å²) < 4.78 is 43.9. The van der Waals surface area contributed by atoms with Crippen LogP contribution in [-0.4, -0.2) is 45.7 Å². The maximum absolute atomic E-state index is 13.9. The first kappa shape index (κ1) is 27.8. The van der Waals surface area contributed by atoms with Gasteiger partial charge in [-0.3, -0.25) is 14.6 Å². The minimum absolute atomic E-state index is 0.00921. The average molecular weight is 580 g/mol. The van der Waals surface area contributed by atoms with Crippen molar-refractivity contribution in [1.82, 2.24) is 20.5 Å². The number of amides is 2. The Labute approximate surface area is 237 Å². The molecule has 0 radical (unpaired) electrons. The summed E-state index contributed by atoms with van der Waals surface area (Å²) in [6, 6.07) is 13.5. The molecule has 0 spiro atoms. The molecule has 1 atom stereocenters. The minimum Gasteiger partial charge on any atom is -0.492 e. The van der Waals surface area contributed by atoms with Gasteiger partial charge in [0.2, 0.25) is 0 Å². The molecule has 1 aliphatic rings. The van der Waals surface area contributed by atoms with Crippen molar-refractivity contribution < 1.29 is 32.4 Å². The number of halogens is 2. The minimum atomic E-state index is -0.770. The van der Waals surface area contributed by atoms with Crippen molar-refractivity contribution in [2.75, 3.05) is 13.7 Å². The summed E-state index contributed by atoms with van der Waals surface area (Å²) in [5.74, 6) is -0.937. The molecule has 4 aromatic rings. The van der Waals surface area contributed by atoms with E-state index in [1.54, 1.807) is 43.3 Å². The lowest BCUT2D eigenvalue weighted by molar-refractivity contribution is -0.123. The lowest BCUT2D eigenvalue weighted by atomic mass is 10.1. The summed E-state index contributed by atoms with van der Waals surface area (Å²) in [5.41, 5.74) is 1.65. The van der Waals surface area contributed by atoms with Crippen LogP contribution in [-0.2, 0) is 11.3 Å². The first-order valence-corrected chi connectivity index (χ1v) is 13.1. The molecule has 1 N–H and O–H groups in total. The summed E-state index contributed by atoms with van der Waals surface area (Å²) >= 11 is 1.22. The summed E-state index contributed by atoms with van der Waals surface area (Å²) in [6.07, 6.45) is 2.24. The normalized spacial score (nSPS) is 14.5. The molecule has 10 nitrogen and oxygen atoms in total. The lowest BCUT2D eigenvalue weighted by Gasteiger charge is -2.24. The molecule has 13 heteroatoms. The predicted octanol–water partition coefficient (Wildman–Crippen LogP) is 4.61. The highest BCUT2D eigenvalue weighted by Crippen LogP contribution is 2.47. The number of nitrogens with zero attached hydrogens (tertiary/aromatic N) is 4. The highest BCUT2D eigenvalue weighted by atomic mass is 32.2. The highest BCUT2D eigenvalue weighted by Gasteiger charge is 2.37. The molecule has 41 heavy (non-hydrogen) atoms.